The standard InChI is InChI=1S/C12H20N2O2/c1-13(2)11(15)9-7-5-6-8-10(9)12(16)14(3)4/h5-6,9-10H,7-8H2,1-4H3/t9-,10-/m0/s1. The molecule has 0 spiro atoms. The molecule has 0 saturated heterocycles. The van der Waals surface area contributed by atoms with Crippen LogP contribution in [-0.4, -0.2) is 49.8 Å². The summed E-state index contributed by atoms with van der Waals surface area (Å²) in [6.07, 6.45) is 5.32. The number of nitrogens with zero attached hydrogens (tertiary/aromatic N) is 2. The molecule has 0 heterocycles. The fraction of sp³-hybridized carbons (Fsp3) is 0.667. The van der Waals surface area contributed by atoms with Gasteiger partial charge in [-0.1, -0.05) is 12.2 Å². The summed E-state index contributed by atoms with van der Waals surface area (Å²) in [6.45, 7) is 0. The molecule has 0 radical (unpaired) electrons. The Morgan fingerprint density at radius 3 is 1.44 bits per heavy atom. The number of hydrogen-bond donors (Lipinski definition) is 0. The lowest BCUT2D eigenvalue weighted by Gasteiger charge is -2.30. The van der Waals surface area contributed by atoms with Crippen molar-refractivity contribution in [3.8, 4) is 0 Å². The second kappa shape index (κ2) is 5.14. The van der Waals surface area contributed by atoms with Crippen molar-refractivity contribution in [2.24, 2.45) is 11.8 Å². The number of carbonyl (C=O) groups excluding carboxylic acids is 2. The maximum absolute atomic E-state index is 12.0. The molecule has 0 aromatic carbocycles. The third kappa shape index (κ3) is 2.62. The average Bonchev–Trinajstić information content (AvgIpc) is 2.26. The van der Waals surface area contributed by atoms with Gasteiger partial charge < -0.3 is 9.80 Å². The van der Waals surface area contributed by atoms with Crippen LogP contribution in [0.5, 0.6) is 0 Å². The highest BCUT2D eigenvalue weighted by Crippen LogP contribution is 2.28. The molecule has 2 amide bonds. The maximum Gasteiger partial charge on any atom is 0.226 e. The topological polar surface area (TPSA) is 40.6 Å². The predicted octanol–water partition coefficient (Wildman–Crippen LogP) is 0.745. The lowest BCUT2D eigenvalue weighted by Crippen LogP contribution is -2.42. The van der Waals surface area contributed by atoms with Crippen LogP contribution in [0.15, 0.2) is 12.2 Å². The van der Waals surface area contributed by atoms with Crippen LogP contribution in [0.25, 0.3) is 0 Å². The Hall–Kier alpha value is -1.32. The van der Waals surface area contributed by atoms with Crippen molar-refractivity contribution in [2.45, 2.75) is 12.8 Å². The second-order valence-corrected chi connectivity index (χ2v) is 4.62. The van der Waals surface area contributed by atoms with Gasteiger partial charge in [-0.05, 0) is 12.8 Å². The lowest BCUT2D eigenvalue weighted by atomic mass is 9.81. The van der Waals surface area contributed by atoms with Crippen LogP contribution in [0.1, 0.15) is 12.8 Å². The van der Waals surface area contributed by atoms with Gasteiger partial charge in [0.05, 0.1) is 11.8 Å². The van der Waals surface area contributed by atoms with Gasteiger partial charge in [0.2, 0.25) is 11.8 Å². The van der Waals surface area contributed by atoms with Gasteiger partial charge in [0.25, 0.3) is 0 Å². The van der Waals surface area contributed by atoms with Gasteiger partial charge in [0.1, 0.15) is 0 Å². The highest BCUT2D eigenvalue weighted by Gasteiger charge is 2.35. The van der Waals surface area contributed by atoms with Crippen LogP contribution in [-0.2, 0) is 9.59 Å². The van der Waals surface area contributed by atoms with Crippen molar-refractivity contribution >= 4 is 11.8 Å². The van der Waals surface area contributed by atoms with E-state index in [1.807, 2.05) is 12.2 Å². The van der Waals surface area contributed by atoms with E-state index in [2.05, 4.69) is 0 Å². The van der Waals surface area contributed by atoms with E-state index in [-0.39, 0.29) is 23.7 Å². The molecule has 0 N–H and O–H groups in total. The lowest BCUT2D eigenvalue weighted by molar-refractivity contribution is -0.143. The van der Waals surface area contributed by atoms with E-state index in [1.54, 1.807) is 38.0 Å². The summed E-state index contributed by atoms with van der Waals surface area (Å²) >= 11 is 0. The molecule has 0 aromatic heterocycles. The van der Waals surface area contributed by atoms with Crippen LogP contribution in [0.3, 0.4) is 0 Å². The normalized spacial score (nSPS) is 24.0. The third-order valence-corrected chi connectivity index (χ3v) is 2.95. The van der Waals surface area contributed by atoms with E-state index >= 15 is 0 Å². The molecule has 0 fully saturated rings. The molecule has 0 aromatic rings. The molecule has 16 heavy (non-hydrogen) atoms. The summed E-state index contributed by atoms with van der Waals surface area (Å²) in [7, 11) is 6.94. The second-order valence-electron chi connectivity index (χ2n) is 4.62. The minimum absolute atomic E-state index is 0.0459. The molecule has 1 rings (SSSR count). The van der Waals surface area contributed by atoms with Crippen molar-refractivity contribution in [1.29, 1.82) is 0 Å². The molecule has 1 aliphatic carbocycles. The Labute approximate surface area is 96.9 Å². The molecule has 0 saturated carbocycles. The number of rotatable bonds is 2. The van der Waals surface area contributed by atoms with Gasteiger partial charge in [-0.15, -0.1) is 0 Å². The Bertz CT molecular complexity index is 278. The zero-order valence-corrected chi connectivity index (χ0v) is 10.4. The molecule has 0 bridgehead atoms. The summed E-state index contributed by atoms with van der Waals surface area (Å²) in [5.74, 6) is -0.307. The first-order valence-electron chi connectivity index (χ1n) is 5.52. The SMILES string of the molecule is CN(C)C(=O)[C@H]1CC=CC[C@@H]1C(=O)N(C)C. The molecule has 4 nitrogen and oxygen atoms in total. The monoisotopic (exact) mass is 224 g/mol. The quantitative estimate of drug-likeness (QED) is 0.649. The summed E-state index contributed by atoms with van der Waals surface area (Å²) in [5.41, 5.74) is 0. The third-order valence-electron chi connectivity index (χ3n) is 2.95. The van der Waals surface area contributed by atoms with Gasteiger partial charge in [-0.2, -0.15) is 0 Å². The first-order chi connectivity index (χ1) is 7.45. The number of hydrogen-bond acceptors (Lipinski definition) is 2. The van der Waals surface area contributed by atoms with Gasteiger partial charge in [0, 0.05) is 28.2 Å². The van der Waals surface area contributed by atoms with Gasteiger partial charge in [-0.25, -0.2) is 0 Å². The number of carbonyl (C=O) groups is 2. The molecule has 2 atom stereocenters. The van der Waals surface area contributed by atoms with Crippen LogP contribution in [0.2, 0.25) is 0 Å². The first kappa shape index (κ1) is 12.7. The van der Waals surface area contributed by atoms with E-state index in [9.17, 15) is 9.59 Å². The Kier molecular flexibility index (Phi) is 4.10. The van der Waals surface area contributed by atoms with Crippen LogP contribution >= 0.6 is 0 Å². The zero-order valence-electron chi connectivity index (χ0n) is 10.4. The summed E-state index contributed by atoms with van der Waals surface area (Å²) < 4.78 is 0. The molecular formula is C12H20N2O2. The number of allylic oxidation sites excluding steroid dienone is 2. The van der Waals surface area contributed by atoms with Crippen LogP contribution in [0.4, 0.5) is 0 Å². The van der Waals surface area contributed by atoms with E-state index in [1.165, 1.54) is 0 Å². The van der Waals surface area contributed by atoms with E-state index in [4.69, 9.17) is 0 Å². The fourth-order valence-corrected chi connectivity index (χ4v) is 2.02. The van der Waals surface area contributed by atoms with Gasteiger partial charge in [0.15, 0.2) is 0 Å². The van der Waals surface area contributed by atoms with Crippen molar-refractivity contribution in [1.82, 2.24) is 9.80 Å². The fourth-order valence-electron chi connectivity index (χ4n) is 2.02. The molecule has 0 aliphatic heterocycles. The summed E-state index contributed by atoms with van der Waals surface area (Å²) in [5, 5.41) is 0. The largest absolute Gasteiger partial charge is 0.349 e. The van der Waals surface area contributed by atoms with Crippen molar-refractivity contribution in [3.05, 3.63) is 12.2 Å². The number of amides is 2. The van der Waals surface area contributed by atoms with Gasteiger partial charge in [-0.3, -0.25) is 9.59 Å². The zero-order chi connectivity index (χ0) is 12.3. The Balaban J connectivity index is 2.84. The highest BCUT2D eigenvalue weighted by molar-refractivity contribution is 5.87. The Morgan fingerprint density at radius 2 is 1.19 bits per heavy atom. The maximum atomic E-state index is 12.0. The average molecular weight is 224 g/mol. The van der Waals surface area contributed by atoms with Crippen molar-refractivity contribution in [3.63, 3.8) is 0 Å². The molecule has 90 valence electrons. The minimum Gasteiger partial charge on any atom is -0.349 e. The predicted molar refractivity (Wildman–Crippen MR) is 62.7 cm³/mol. The van der Waals surface area contributed by atoms with Crippen molar-refractivity contribution in [2.75, 3.05) is 28.2 Å². The molecule has 0 unspecified atom stereocenters. The van der Waals surface area contributed by atoms with Gasteiger partial charge >= 0.3 is 0 Å². The molecule has 4 heteroatoms. The summed E-state index contributed by atoms with van der Waals surface area (Å²) in [4.78, 5) is 27.1. The summed E-state index contributed by atoms with van der Waals surface area (Å²) in [6, 6.07) is 0. The smallest absolute Gasteiger partial charge is 0.226 e. The van der Waals surface area contributed by atoms with E-state index in [0.717, 1.165) is 0 Å². The molecule has 1 aliphatic rings. The minimum atomic E-state index is -0.199. The van der Waals surface area contributed by atoms with E-state index < -0.39 is 0 Å². The first-order valence-corrected chi connectivity index (χ1v) is 5.52. The highest BCUT2D eigenvalue weighted by atomic mass is 16.2. The van der Waals surface area contributed by atoms with Crippen LogP contribution < -0.4 is 0 Å². The van der Waals surface area contributed by atoms with Crippen LogP contribution in [0, 0.1) is 11.8 Å². The van der Waals surface area contributed by atoms with Crippen molar-refractivity contribution < 1.29 is 9.59 Å². The molecular weight excluding hydrogens is 204 g/mol. The van der Waals surface area contributed by atoms with E-state index in [0.29, 0.717) is 12.8 Å². The Morgan fingerprint density at radius 1 is 0.875 bits per heavy atom.